The van der Waals surface area contributed by atoms with Gasteiger partial charge in [-0.3, -0.25) is 0 Å². The number of aryl methyl sites for hydroxylation is 1. The number of halogens is 1. The van der Waals surface area contributed by atoms with Crippen molar-refractivity contribution in [1.82, 2.24) is 4.98 Å². The van der Waals surface area contributed by atoms with Gasteiger partial charge in [-0.2, -0.15) is 0 Å². The van der Waals surface area contributed by atoms with Crippen molar-refractivity contribution in [2.24, 2.45) is 5.92 Å². The van der Waals surface area contributed by atoms with Crippen molar-refractivity contribution in [2.75, 3.05) is 26.4 Å². The SMILES string of the molecule is C/C(=C\c1csc(C)n1)[C@@H](O)C/C=C(/Cl)COC[C@H](C)COC1CCCCO1. The summed E-state index contributed by atoms with van der Waals surface area (Å²) in [6, 6.07) is 0. The maximum atomic E-state index is 10.3. The highest BCUT2D eigenvalue weighted by molar-refractivity contribution is 7.09. The van der Waals surface area contributed by atoms with Crippen molar-refractivity contribution in [3.8, 4) is 0 Å². The van der Waals surface area contributed by atoms with Crippen LogP contribution in [0.3, 0.4) is 0 Å². The Hall–Kier alpha value is -0.760. The molecule has 1 aliphatic rings. The molecule has 1 saturated heterocycles. The smallest absolute Gasteiger partial charge is 0.157 e. The van der Waals surface area contributed by atoms with Gasteiger partial charge in [-0.1, -0.05) is 24.6 Å². The number of rotatable bonds is 11. The molecule has 2 rings (SSSR count). The number of hydrogen-bond acceptors (Lipinski definition) is 6. The van der Waals surface area contributed by atoms with Crippen LogP contribution in [0.5, 0.6) is 0 Å². The molecule has 2 heterocycles. The molecular formula is C21H32ClNO4S. The molecule has 1 fully saturated rings. The molecule has 7 heteroatoms. The number of hydrogen-bond donors (Lipinski definition) is 1. The Balaban J connectivity index is 1.62. The van der Waals surface area contributed by atoms with E-state index in [2.05, 4.69) is 11.9 Å². The fourth-order valence-corrected chi connectivity index (χ4v) is 3.52. The summed E-state index contributed by atoms with van der Waals surface area (Å²) in [5.74, 6) is 0.271. The molecule has 158 valence electrons. The second-order valence-corrected chi connectivity index (χ2v) is 8.88. The average Bonchev–Trinajstić information content (AvgIpc) is 3.09. The summed E-state index contributed by atoms with van der Waals surface area (Å²) in [6.45, 7) is 8.26. The van der Waals surface area contributed by atoms with E-state index in [0.29, 0.717) is 31.3 Å². The van der Waals surface area contributed by atoms with Crippen LogP contribution in [0.15, 0.2) is 22.1 Å². The maximum absolute atomic E-state index is 10.3. The van der Waals surface area contributed by atoms with Gasteiger partial charge in [0.05, 0.1) is 36.6 Å². The topological polar surface area (TPSA) is 60.8 Å². The summed E-state index contributed by atoms with van der Waals surface area (Å²) in [5.41, 5.74) is 1.75. The standard InChI is InChI=1S/C21H32ClNO4S/c1-15(12-27-21-6-4-5-9-26-21)11-25-13-18(22)7-8-20(24)16(2)10-19-14-28-17(3)23-19/h7,10,14-15,20-21,24H,4-6,8-9,11-13H2,1-3H3/b16-10+,18-7+/t15-,20-,21?/m0/s1. The Morgan fingerprint density at radius 3 is 2.96 bits per heavy atom. The molecule has 1 N–H and O–H groups in total. The first-order chi connectivity index (χ1) is 13.4. The van der Waals surface area contributed by atoms with Crippen molar-refractivity contribution < 1.29 is 19.3 Å². The monoisotopic (exact) mass is 429 g/mol. The third kappa shape index (κ3) is 9.16. The summed E-state index contributed by atoms with van der Waals surface area (Å²) in [4.78, 5) is 4.38. The van der Waals surface area contributed by atoms with Gasteiger partial charge in [-0.15, -0.1) is 11.3 Å². The van der Waals surface area contributed by atoms with Gasteiger partial charge in [0.1, 0.15) is 0 Å². The normalized spacial score (nSPS) is 21.0. The predicted molar refractivity (Wildman–Crippen MR) is 115 cm³/mol. The van der Waals surface area contributed by atoms with Gasteiger partial charge >= 0.3 is 0 Å². The minimum absolute atomic E-state index is 0.0642. The Bertz CT molecular complexity index is 640. The van der Waals surface area contributed by atoms with Gasteiger partial charge in [0, 0.05) is 22.9 Å². The molecule has 0 aliphatic carbocycles. The molecule has 1 aromatic heterocycles. The molecule has 0 saturated carbocycles. The zero-order chi connectivity index (χ0) is 20.4. The molecule has 3 atom stereocenters. The predicted octanol–water partition coefficient (Wildman–Crippen LogP) is 4.92. The first-order valence-electron chi connectivity index (χ1n) is 9.88. The van der Waals surface area contributed by atoms with Crippen LogP contribution in [0.4, 0.5) is 0 Å². The Morgan fingerprint density at radius 2 is 2.29 bits per heavy atom. The van der Waals surface area contributed by atoms with Gasteiger partial charge in [0.2, 0.25) is 0 Å². The summed E-state index contributed by atoms with van der Waals surface area (Å²) < 4.78 is 17.0. The summed E-state index contributed by atoms with van der Waals surface area (Å²) in [6.07, 6.45) is 6.78. The van der Waals surface area contributed by atoms with Crippen molar-refractivity contribution >= 4 is 29.0 Å². The van der Waals surface area contributed by atoms with Crippen molar-refractivity contribution in [1.29, 1.82) is 0 Å². The van der Waals surface area contributed by atoms with E-state index in [0.717, 1.165) is 35.7 Å². The minimum Gasteiger partial charge on any atom is -0.388 e. The van der Waals surface area contributed by atoms with E-state index in [4.69, 9.17) is 25.8 Å². The molecular weight excluding hydrogens is 398 g/mol. The minimum atomic E-state index is -0.585. The average molecular weight is 430 g/mol. The van der Waals surface area contributed by atoms with Gasteiger partial charge < -0.3 is 19.3 Å². The zero-order valence-corrected chi connectivity index (χ0v) is 18.6. The van der Waals surface area contributed by atoms with Crippen LogP contribution in [0.2, 0.25) is 0 Å². The summed E-state index contributed by atoms with van der Waals surface area (Å²) in [7, 11) is 0. The molecule has 1 unspecified atom stereocenters. The van der Waals surface area contributed by atoms with E-state index in [1.807, 2.05) is 31.4 Å². The van der Waals surface area contributed by atoms with Gasteiger partial charge in [0.25, 0.3) is 0 Å². The Kier molecular flexibility index (Phi) is 10.7. The molecule has 0 aromatic carbocycles. The van der Waals surface area contributed by atoms with Crippen LogP contribution in [0.25, 0.3) is 6.08 Å². The number of aliphatic hydroxyl groups excluding tert-OH is 1. The van der Waals surface area contributed by atoms with Crippen LogP contribution in [-0.4, -0.2) is 48.9 Å². The van der Waals surface area contributed by atoms with E-state index < -0.39 is 6.10 Å². The molecule has 5 nitrogen and oxygen atoms in total. The largest absolute Gasteiger partial charge is 0.388 e. The Labute approximate surface area is 177 Å². The fourth-order valence-electron chi connectivity index (χ4n) is 2.78. The van der Waals surface area contributed by atoms with Crippen LogP contribution in [0.1, 0.15) is 50.2 Å². The lowest BCUT2D eigenvalue weighted by molar-refractivity contribution is -0.170. The first-order valence-corrected chi connectivity index (χ1v) is 11.1. The van der Waals surface area contributed by atoms with Crippen LogP contribution < -0.4 is 0 Å². The lowest BCUT2D eigenvalue weighted by Crippen LogP contribution is -2.25. The molecule has 1 aromatic rings. The van der Waals surface area contributed by atoms with Crippen LogP contribution in [0, 0.1) is 12.8 Å². The summed E-state index contributed by atoms with van der Waals surface area (Å²) >= 11 is 7.82. The molecule has 0 spiro atoms. The number of nitrogens with zero attached hydrogens (tertiary/aromatic N) is 1. The lowest BCUT2D eigenvalue weighted by atomic mass is 10.1. The lowest BCUT2D eigenvalue weighted by Gasteiger charge is -2.24. The van der Waals surface area contributed by atoms with Gasteiger partial charge in [-0.05, 0) is 51.2 Å². The molecule has 0 radical (unpaired) electrons. The maximum Gasteiger partial charge on any atom is 0.157 e. The van der Waals surface area contributed by atoms with Crippen LogP contribution in [-0.2, 0) is 14.2 Å². The second kappa shape index (κ2) is 12.7. The van der Waals surface area contributed by atoms with E-state index in [-0.39, 0.29) is 12.2 Å². The number of thiazole rings is 1. The van der Waals surface area contributed by atoms with Crippen LogP contribution >= 0.6 is 22.9 Å². The van der Waals surface area contributed by atoms with E-state index in [1.54, 1.807) is 11.3 Å². The van der Waals surface area contributed by atoms with Crippen molar-refractivity contribution in [3.63, 3.8) is 0 Å². The van der Waals surface area contributed by atoms with E-state index in [9.17, 15) is 5.11 Å². The number of aromatic nitrogens is 1. The highest BCUT2D eigenvalue weighted by Gasteiger charge is 2.15. The summed E-state index contributed by atoms with van der Waals surface area (Å²) in [5, 5.41) is 13.9. The second-order valence-electron chi connectivity index (χ2n) is 7.33. The number of aliphatic hydroxyl groups is 1. The third-order valence-corrected chi connectivity index (χ3v) is 5.50. The molecule has 28 heavy (non-hydrogen) atoms. The highest BCUT2D eigenvalue weighted by atomic mass is 35.5. The quantitative estimate of drug-likeness (QED) is 0.540. The van der Waals surface area contributed by atoms with Gasteiger partial charge in [-0.25, -0.2) is 4.98 Å². The first kappa shape index (κ1) is 23.5. The third-order valence-electron chi connectivity index (χ3n) is 4.45. The van der Waals surface area contributed by atoms with Crippen molar-refractivity contribution in [2.45, 2.75) is 58.8 Å². The Morgan fingerprint density at radius 1 is 1.46 bits per heavy atom. The molecule has 0 amide bonds. The van der Waals surface area contributed by atoms with Gasteiger partial charge in [0.15, 0.2) is 6.29 Å². The fraction of sp³-hybridized carbons (Fsp3) is 0.667. The highest BCUT2D eigenvalue weighted by Crippen LogP contribution is 2.17. The van der Waals surface area contributed by atoms with E-state index >= 15 is 0 Å². The molecule has 0 bridgehead atoms. The molecule has 1 aliphatic heterocycles. The number of ether oxygens (including phenoxy) is 3. The van der Waals surface area contributed by atoms with E-state index in [1.165, 1.54) is 6.42 Å². The zero-order valence-electron chi connectivity index (χ0n) is 17.0. The van der Waals surface area contributed by atoms with Crippen molar-refractivity contribution in [3.05, 3.63) is 32.8 Å².